The van der Waals surface area contributed by atoms with E-state index in [1.165, 1.54) is 18.9 Å². The van der Waals surface area contributed by atoms with Crippen LogP contribution >= 0.6 is 11.8 Å². The first-order chi connectivity index (χ1) is 14.6. The molecule has 0 saturated heterocycles. The summed E-state index contributed by atoms with van der Waals surface area (Å²) in [5.74, 6) is 0.113. The van der Waals surface area contributed by atoms with E-state index in [1.807, 2.05) is 38.3 Å². The summed E-state index contributed by atoms with van der Waals surface area (Å²) in [5.41, 5.74) is 3.65. The smallest absolute Gasteiger partial charge is 0.337 e. The van der Waals surface area contributed by atoms with Gasteiger partial charge in [0, 0.05) is 18.4 Å². The standard InChI is InChI=1S/C20H19N5O2S.C2H6/c1-13-12-28-18(24-13)16(11-21)17-8-10-23-20(25-17)22-9-7-14-3-5-15(6-4-14)19(26)27-2;1-2/h3-6,8,10,12,24H,7,9H2,1-2H3,(H,22,23,25);1-2H3/b18-16-;. The van der Waals surface area contributed by atoms with Gasteiger partial charge in [-0.15, -0.1) is 0 Å². The van der Waals surface area contributed by atoms with Gasteiger partial charge in [0.15, 0.2) is 0 Å². The zero-order valence-electron chi connectivity index (χ0n) is 17.5. The van der Waals surface area contributed by atoms with E-state index in [1.54, 1.807) is 24.4 Å². The quantitative estimate of drug-likeness (QED) is 0.523. The lowest BCUT2D eigenvalue weighted by molar-refractivity contribution is 0.0600. The molecule has 0 atom stereocenters. The first-order valence-corrected chi connectivity index (χ1v) is 10.5. The molecular weight excluding hydrogens is 398 g/mol. The van der Waals surface area contributed by atoms with Gasteiger partial charge in [-0.05, 0) is 42.5 Å². The molecule has 1 aromatic heterocycles. The molecule has 30 heavy (non-hydrogen) atoms. The highest BCUT2D eigenvalue weighted by molar-refractivity contribution is 8.06. The summed E-state index contributed by atoms with van der Waals surface area (Å²) in [5, 5.41) is 18.6. The number of thioether (sulfide) groups is 1. The van der Waals surface area contributed by atoms with Crippen LogP contribution in [-0.4, -0.2) is 29.6 Å². The summed E-state index contributed by atoms with van der Waals surface area (Å²) in [7, 11) is 1.36. The van der Waals surface area contributed by atoms with Gasteiger partial charge >= 0.3 is 5.97 Å². The Morgan fingerprint density at radius 1 is 1.27 bits per heavy atom. The Balaban J connectivity index is 0.00000155. The average Bonchev–Trinajstić information content (AvgIpc) is 3.22. The normalized spacial score (nSPS) is 13.8. The number of aromatic nitrogens is 2. The number of carbonyl (C=O) groups excluding carboxylic acids is 1. The fraction of sp³-hybridized carbons (Fsp3) is 0.273. The minimum Gasteiger partial charge on any atom is -0.465 e. The Kier molecular flexibility index (Phi) is 8.91. The third-order valence-corrected chi connectivity index (χ3v) is 5.00. The van der Waals surface area contributed by atoms with Crippen LogP contribution in [0.1, 0.15) is 42.4 Å². The number of esters is 1. The van der Waals surface area contributed by atoms with Crippen LogP contribution < -0.4 is 10.6 Å². The number of carbonyl (C=O) groups is 1. The number of nitrogens with zero attached hydrogens (tertiary/aromatic N) is 3. The third-order valence-electron chi connectivity index (χ3n) is 3.99. The largest absolute Gasteiger partial charge is 0.465 e. The minimum atomic E-state index is -0.349. The van der Waals surface area contributed by atoms with E-state index >= 15 is 0 Å². The molecule has 0 saturated carbocycles. The van der Waals surface area contributed by atoms with Gasteiger partial charge in [0.1, 0.15) is 11.6 Å². The molecule has 1 aromatic carbocycles. The predicted molar refractivity (Wildman–Crippen MR) is 120 cm³/mol. The van der Waals surface area contributed by atoms with Crippen LogP contribution in [0.5, 0.6) is 0 Å². The van der Waals surface area contributed by atoms with E-state index in [4.69, 9.17) is 4.74 Å². The fourth-order valence-electron chi connectivity index (χ4n) is 2.56. The van der Waals surface area contributed by atoms with Crippen molar-refractivity contribution in [2.24, 2.45) is 0 Å². The van der Waals surface area contributed by atoms with E-state index in [2.05, 4.69) is 26.7 Å². The summed E-state index contributed by atoms with van der Waals surface area (Å²) in [6.07, 6.45) is 2.37. The van der Waals surface area contributed by atoms with Gasteiger partial charge in [0.2, 0.25) is 5.95 Å². The Bertz CT molecular complexity index is 978. The molecule has 8 heteroatoms. The van der Waals surface area contributed by atoms with Crippen molar-refractivity contribution in [1.82, 2.24) is 15.3 Å². The Morgan fingerprint density at radius 3 is 2.60 bits per heavy atom. The van der Waals surface area contributed by atoms with Crippen LogP contribution in [-0.2, 0) is 11.2 Å². The monoisotopic (exact) mass is 423 g/mol. The fourth-order valence-corrected chi connectivity index (χ4v) is 3.40. The maximum absolute atomic E-state index is 11.5. The summed E-state index contributed by atoms with van der Waals surface area (Å²) < 4.78 is 4.69. The number of anilines is 1. The third kappa shape index (κ3) is 6.09. The topological polar surface area (TPSA) is 99.9 Å². The molecule has 3 rings (SSSR count). The molecule has 1 aliphatic heterocycles. The molecule has 7 nitrogen and oxygen atoms in total. The maximum Gasteiger partial charge on any atom is 0.337 e. The number of nitrogens with one attached hydrogen (secondary N) is 2. The van der Waals surface area contributed by atoms with Gasteiger partial charge in [-0.3, -0.25) is 0 Å². The number of nitriles is 1. The lowest BCUT2D eigenvalue weighted by Crippen LogP contribution is -2.10. The maximum atomic E-state index is 11.5. The summed E-state index contributed by atoms with van der Waals surface area (Å²) in [6.45, 7) is 6.56. The van der Waals surface area contributed by atoms with Crippen molar-refractivity contribution in [1.29, 1.82) is 5.26 Å². The number of methoxy groups -OCH3 is 1. The van der Waals surface area contributed by atoms with Crippen LogP contribution in [0.2, 0.25) is 0 Å². The molecule has 0 bridgehead atoms. The summed E-state index contributed by atoms with van der Waals surface area (Å²) in [6, 6.07) is 11.2. The summed E-state index contributed by atoms with van der Waals surface area (Å²) >= 11 is 1.47. The Labute approximate surface area is 181 Å². The predicted octanol–water partition coefficient (Wildman–Crippen LogP) is 4.33. The molecule has 1 aliphatic rings. The molecular formula is C22H25N5O2S. The zero-order valence-corrected chi connectivity index (χ0v) is 18.3. The number of ether oxygens (including phenoxy) is 1. The molecule has 156 valence electrons. The Morgan fingerprint density at radius 2 is 2.00 bits per heavy atom. The number of benzene rings is 1. The second-order valence-electron chi connectivity index (χ2n) is 5.99. The van der Waals surface area contributed by atoms with E-state index in [-0.39, 0.29) is 5.97 Å². The number of allylic oxidation sites excluding steroid dienone is 2. The molecule has 2 N–H and O–H groups in total. The molecule has 0 fully saturated rings. The highest BCUT2D eigenvalue weighted by Crippen LogP contribution is 2.30. The Hall–Kier alpha value is -3.31. The zero-order chi connectivity index (χ0) is 21.9. The number of hydrogen-bond acceptors (Lipinski definition) is 8. The molecule has 2 aromatic rings. The SMILES string of the molecule is CC.COC(=O)c1ccc(CCNc2nccc(/C(C#N)=C3/NC(C)=CS3)n2)cc1. The number of rotatable bonds is 6. The van der Waals surface area contributed by atoms with Gasteiger partial charge in [0.05, 0.1) is 23.4 Å². The van der Waals surface area contributed by atoms with Crippen molar-refractivity contribution in [3.63, 3.8) is 0 Å². The summed E-state index contributed by atoms with van der Waals surface area (Å²) in [4.78, 5) is 20.1. The lowest BCUT2D eigenvalue weighted by atomic mass is 10.1. The first kappa shape index (κ1) is 23.0. The van der Waals surface area contributed by atoms with E-state index in [9.17, 15) is 10.1 Å². The van der Waals surface area contributed by atoms with Crippen molar-refractivity contribution in [2.45, 2.75) is 27.2 Å². The van der Waals surface area contributed by atoms with Gasteiger partial charge in [-0.1, -0.05) is 37.7 Å². The van der Waals surface area contributed by atoms with Gasteiger partial charge in [0.25, 0.3) is 0 Å². The van der Waals surface area contributed by atoms with Crippen LogP contribution in [0.3, 0.4) is 0 Å². The van der Waals surface area contributed by atoms with Crippen molar-refractivity contribution in [3.8, 4) is 6.07 Å². The van der Waals surface area contributed by atoms with E-state index in [0.717, 1.165) is 22.7 Å². The van der Waals surface area contributed by atoms with E-state index in [0.29, 0.717) is 29.3 Å². The van der Waals surface area contributed by atoms with E-state index < -0.39 is 0 Å². The van der Waals surface area contributed by atoms with Crippen LogP contribution in [0.25, 0.3) is 5.57 Å². The van der Waals surface area contributed by atoms with Crippen molar-refractivity contribution in [2.75, 3.05) is 19.0 Å². The molecule has 0 spiro atoms. The van der Waals surface area contributed by atoms with Crippen molar-refractivity contribution in [3.05, 3.63) is 69.5 Å². The van der Waals surface area contributed by atoms with Gasteiger partial charge in [-0.25, -0.2) is 14.8 Å². The van der Waals surface area contributed by atoms with Crippen LogP contribution in [0.15, 0.2) is 52.7 Å². The molecule has 0 radical (unpaired) electrons. The minimum absolute atomic E-state index is 0.349. The van der Waals surface area contributed by atoms with Crippen molar-refractivity contribution >= 4 is 29.3 Å². The second-order valence-corrected chi connectivity index (χ2v) is 6.87. The number of hydrogen-bond donors (Lipinski definition) is 2. The second kappa shape index (κ2) is 11.6. The molecule has 2 heterocycles. The van der Waals surface area contributed by atoms with Crippen LogP contribution in [0, 0.1) is 11.3 Å². The first-order valence-electron chi connectivity index (χ1n) is 9.60. The highest BCUT2D eigenvalue weighted by Gasteiger charge is 2.15. The lowest BCUT2D eigenvalue weighted by Gasteiger charge is -2.08. The molecule has 0 amide bonds. The van der Waals surface area contributed by atoms with Crippen molar-refractivity contribution < 1.29 is 9.53 Å². The van der Waals surface area contributed by atoms with Gasteiger partial charge in [-0.2, -0.15) is 5.26 Å². The molecule has 0 unspecified atom stereocenters. The van der Waals surface area contributed by atoms with Gasteiger partial charge < -0.3 is 15.4 Å². The van der Waals surface area contributed by atoms with Crippen LogP contribution in [0.4, 0.5) is 5.95 Å². The highest BCUT2D eigenvalue weighted by atomic mass is 32.2. The average molecular weight is 424 g/mol. The molecule has 0 aliphatic carbocycles.